The normalized spacial score (nSPS) is 17.4. The fourth-order valence-electron chi connectivity index (χ4n) is 3.29. The number of nitrogens with zero attached hydrogens (tertiary/aromatic N) is 3. The van der Waals surface area contributed by atoms with E-state index in [1.165, 1.54) is 9.58 Å². The number of fused-ring (bicyclic) bond motifs is 1. The largest absolute Gasteiger partial charge is 0.481 e. The van der Waals surface area contributed by atoms with Crippen LogP contribution < -0.4 is 5.56 Å². The van der Waals surface area contributed by atoms with E-state index in [0.29, 0.717) is 23.9 Å². The number of rotatable bonds is 5. The van der Waals surface area contributed by atoms with Crippen LogP contribution in [0.5, 0.6) is 0 Å². The first kappa shape index (κ1) is 19.0. The zero-order valence-corrected chi connectivity index (χ0v) is 15.4. The van der Waals surface area contributed by atoms with Gasteiger partial charge in [-0.05, 0) is 12.0 Å². The topological polar surface area (TPSA) is 102 Å². The van der Waals surface area contributed by atoms with Gasteiger partial charge < -0.3 is 14.7 Å². The molecule has 8 heteroatoms. The fraction of sp³-hybridized carbons (Fsp3) is 0.474. The average molecular weight is 373 g/mol. The van der Waals surface area contributed by atoms with E-state index in [2.05, 4.69) is 5.10 Å². The Morgan fingerprint density at radius 2 is 2.00 bits per heavy atom. The highest BCUT2D eigenvalue weighted by Gasteiger charge is 2.32. The smallest absolute Gasteiger partial charge is 0.305 e. The molecule has 2 heterocycles. The minimum Gasteiger partial charge on any atom is -0.481 e. The highest BCUT2D eigenvalue weighted by Crippen LogP contribution is 2.19. The summed E-state index contributed by atoms with van der Waals surface area (Å²) in [6.45, 7) is 5.13. The molecular weight excluding hydrogens is 350 g/mol. The van der Waals surface area contributed by atoms with Crippen LogP contribution >= 0.6 is 0 Å². The number of carboxylic acid groups (broad SMARTS) is 1. The number of hydrogen-bond acceptors (Lipinski definition) is 5. The number of aliphatic carboxylic acids is 1. The van der Waals surface area contributed by atoms with Crippen LogP contribution in [0.25, 0.3) is 10.8 Å². The molecule has 2 aromatic rings. The van der Waals surface area contributed by atoms with E-state index in [-0.39, 0.29) is 42.7 Å². The summed E-state index contributed by atoms with van der Waals surface area (Å²) in [5, 5.41) is 14.4. The Bertz CT molecular complexity index is 921. The molecule has 1 saturated heterocycles. The predicted molar refractivity (Wildman–Crippen MR) is 98.7 cm³/mol. The van der Waals surface area contributed by atoms with Crippen LogP contribution in [0.15, 0.2) is 29.1 Å². The molecule has 1 aromatic carbocycles. The molecule has 0 spiro atoms. The van der Waals surface area contributed by atoms with Crippen molar-refractivity contribution in [3.63, 3.8) is 0 Å². The lowest BCUT2D eigenvalue weighted by Gasteiger charge is -2.34. The van der Waals surface area contributed by atoms with Crippen molar-refractivity contribution in [1.82, 2.24) is 14.7 Å². The van der Waals surface area contributed by atoms with Gasteiger partial charge in [0.05, 0.1) is 31.1 Å². The Balaban J connectivity index is 2.08. The van der Waals surface area contributed by atoms with Crippen LogP contribution in [0.3, 0.4) is 0 Å². The van der Waals surface area contributed by atoms with E-state index in [1.54, 1.807) is 24.3 Å². The Labute approximate surface area is 156 Å². The lowest BCUT2D eigenvalue weighted by Crippen LogP contribution is -2.50. The second kappa shape index (κ2) is 7.87. The molecule has 1 aliphatic rings. The van der Waals surface area contributed by atoms with Crippen LogP contribution in [0, 0.1) is 5.92 Å². The third-order valence-electron chi connectivity index (χ3n) is 4.51. The second-order valence-corrected chi connectivity index (χ2v) is 7.10. The Morgan fingerprint density at radius 3 is 2.67 bits per heavy atom. The molecule has 0 aliphatic carbocycles. The summed E-state index contributed by atoms with van der Waals surface area (Å²) in [6.07, 6.45) is -0.199. The quantitative estimate of drug-likeness (QED) is 0.849. The van der Waals surface area contributed by atoms with Gasteiger partial charge in [0, 0.05) is 18.5 Å². The molecular formula is C19H23N3O5. The van der Waals surface area contributed by atoms with E-state index >= 15 is 0 Å². The average Bonchev–Trinajstić information content (AvgIpc) is 2.63. The van der Waals surface area contributed by atoms with Crippen molar-refractivity contribution in [2.24, 2.45) is 5.92 Å². The number of carbonyl (C=O) groups excluding carboxylic acids is 1. The van der Waals surface area contributed by atoms with Gasteiger partial charge in [-0.3, -0.25) is 14.4 Å². The van der Waals surface area contributed by atoms with Gasteiger partial charge in [0.15, 0.2) is 5.69 Å². The van der Waals surface area contributed by atoms with Crippen LogP contribution in [0.2, 0.25) is 0 Å². The molecule has 8 nitrogen and oxygen atoms in total. The van der Waals surface area contributed by atoms with Gasteiger partial charge in [0.2, 0.25) is 0 Å². The van der Waals surface area contributed by atoms with Crippen molar-refractivity contribution in [2.75, 3.05) is 19.8 Å². The van der Waals surface area contributed by atoms with E-state index in [9.17, 15) is 14.4 Å². The minimum atomic E-state index is -0.995. The molecule has 144 valence electrons. The molecule has 3 rings (SSSR count). The van der Waals surface area contributed by atoms with Crippen molar-refractivity contribution in [2.45, 2.75) is 32.9 Å². The molecule has 0 saturated carbocycles. The molecule has 1 amide bonds. The van der Waals surface area contributed by atoms with Gasteiger partial charge in [-0.15, -0.1) is 0 Å². The van der Waals surface area contributed by atoms with Gasteiger partial charge in [-0.1, -0.05) is 32.0 Å². The van der Waals surface area contributed by atoms with Crippen LogP contribution in [-0.4, -0.2) is 57.5 Å². The zero-order valence-electron chi connectivity index (χ0n) is 15.4. The first-order valence-corrected chi connectivity index (χ1v) is 8.99. The molecule has 1 atom stereocenters. The van der Waals surface area contributed by atoms with E-state index in [4.69, 9.17) is 9.84 Å². The zero-order chi connectivity index (χ0) is 19.6. The van der Waals surface area contributed by atoms with Crippen molar-refractivity contribution < 1.29 is 19.4 Å². The van der Waals surface area contributed by atoms with Gasteiger partial charge >= 0.3 is 5.97 Å². The molecule has 1 aromatic heterocycles. The van der Waals surface area contributed by atoms with Gasteiger partial charge in [0.1, 0.15) is 0 Å². The van der Waals surface area contributed by atoms with Crippen molar-refractivity contribution in [1.29, 1.82) is 0 Å². The Hall–Kier alpha value is -2.74. The van der Waals surface area contributed by atoms with Crippen LogP contribution in [0.4, 0.5) is 0 Å². The lowest BCUT2D eigenvalue weighted by molar-refractivity contribution is -0.139. The van der Waals surface area contributed by atoms with E-state index in [0.717, 1.165) is 0 Å². The molecule has 1 fully saturated rings. The standard InChI is InChI=1S/C19H23N3O5/c1-12(2)10-22-18(25)15-6-4-3-5-14(15)17(20-22)19(26)21-7-8-27-11-13(21)9-16(23)24/h3-6,12-13H,7-11H2,1-2H3,(H,23,24). The SMILES string of the molecule is CC(C)Cn1nc(C(=O)N2CCOCC2CC(=O)O)c2ccccc2c1=O. The van der Waals surface area contributed by atoms with Gasteiger partial charge in [0.25, 0.3) is 11.5 Å². The van der Waals surface area contributed by atoms with Crippen molar-refractivity contribution >= 4 is 22.6 Å². The van der Waals surface area contributed by atoms with Gasteiger partial charge in [-0.2, -0.15) is 5.10 Å². The third-order valence-corrected chi connectivity index (χ3v) is 4.51. The van der Waals surface area contributed by atoms with Crippen molar-refractivity contribution in [3.05, 3.63) is 40.3 Å². The van der Waals surface area contributed by atoms with Crippen LogP contribution in [0.1, 0.15) is 30.8 Å². The molecule has 27 heavy (non-hydrogen) atoms. The fourth-order valence-corrected chi connectivity index (χ4v) is 3.29. The highest BCUT2D eigenvalue weighted by atomic mass is 16.5. The summed E-state index contributed by atoms with van der Waals surface area (Å²) < 4.78 is 6.68. The lowest BCUT2D eigenvalue weighted by atomic mass is 10.1. The van der Waals surface area contributed by atoms with E-state index in [1.807, 2.05) is 13.8 Å². The van der Waals surface area contributed by atoms with E-state index < -0.39 is 12.0 Å². The maximum absolute atomic E-state index is 13.3. The number of amides is 1. The predicted octanol–water partition coefficient (Wildman–Crippen LogP) is 1.37. The van der Waals surface area contributed by atoms with Crippen LogP contribution in [-0.2, 0) is 16.1 Å². The Kier molecular flexibility index (Phi) is 5.55. The molecule has 1 aliphatic heterocycles. The minimum absolute atomic E-state index is 0.168. The summed E-state index contributed by atoms with van der Waals surface area (Å²) in [6, 6.07) is 6.32. The summed E-state index contributed by atoms with van der Waals surface area (Å²) in [7, 11) is 0. The first-order valence-electron chi connectivity index (χ1n) is 8.99. The number of ether oxygens (including phenoxy) is 1. The number of aromatic nitrogens is 2. The monoisotopic (exact) mass is 373 g/mol. The highest BCUT2D eigenvalue weighted by molar-refractivity contribution is 6.05. The summed E-state index contributed by atoms with van der Waals surface area (Å²) in [4.78, 5) is 38.6. The third kappa shape index (κ3) is 4.00. The second-order valence-electron chi connectivity index (χ2n) is 7.10. The maximum Gasteiger partial charge on any atom is 0.305 e. The molecule has 1 unspecified atom stereocenters. The molecule has 0 radical (unpaired) electrons. The number of morpholine rings is 1. The maximum atomic E-state index is 13.3. The van der Waals surface area contributed by atoms with Crippen molar-refractivity contribution in [3.8, 4) is 0 Å². The number of hydrogen-bond donors (Lipinski definition) is 1. The molecule has 1 N–H and O–H groups in total. The molecule has 0 bridgehead atoms. The summed E-state index contributed by atoms with van der Waals surface area (Å²) >= 11 is 0. The summed E-state index contributed by atoms with van der Waals surface area (Å²) in [5.41, 5.74) is -0.0666. The summed E-state index contributed by atoms with van der Waals surface area (Å²) in [5.74, 6) is -1.19. The number of benzene rings is 1. The van der Waals surface area contributed by atoms with Gasteiger partial charge in [-0.25, -0.2) is 4.68 Å². The first-order chi connectivity index (χ1) is 12.9. The number of carbonyl (C=O) groups is 2. The number of carboxylic acids is 1. The Morgan fingerprint density at radius 1 is 1.30 bits per heavy atom.